The average Bonchev–Trinajstić information content (AvgIpc) is 3.32. The molecule has 36 heavy (non-hydrogen) atoms. The summed E-state index contributed by atoms with van der Waals surface area (Å²) in [5.41, 5.74) is 5.78. The molecule has 0 spiro atoms. The monoisotopic (exact) mass is 504 g/mol. The van der Waals surface area contributed by atoms with E-state index in [1.54, 1.807) is 17.1 Å². The van der Waals surface area contributed by atoms with Gasteiger partial charge >= 0.3 is 0 Å². The van der Waals surface area contributed by atoms with Crippen molar-refractivity contribution in [1.82, 2.24) is 9.91 Å². The number of halogens is 2. The van der Waals surface area contributed by atoms with Crippen LogP contribution in [0.5, 0.6) is 0 Å². The van der Waals surface area contributed by atoms with Crippen molar-refractivity contribution in [3.63, 3.8) is 0 Å². The number of carbonyl (C=O) groups excluding carboxylic acids is 1. The summed E-state index contributed by atoms with van der Waals surface area (Å²) in [6, 6.07) is 20.6. The summed E-state index contributed by atoms with van der Waals surface area (Å²) in [6.07, 6.45) is 0.612. The molecule has 1 saturated heterocycles. The first-order valence-corrected chi connectivity index (χ1v) is 12.7. The van der Waals surface area contributed by atoms with Crippen LogP contribution in [0.1, 0.15) is 34.7 Å². The van der Waals surface area contributed by atoms with Gasteiger partial charge in [-0.05, 0) is 49.2 Å². The largest absolute Gasteiger partial charge is 0.367 e. The van der Waals surface area contributed by atoms with Crippen LogP contribution in [-0.2, 0) is 4.79 Å². The highest BCUT2D eigenvalue weighted by Gasteiger charge is 2.35. The van der Waals surface area contributed by atoms with Crippen molar-refractivity contribution in [2.45, 2.75) is 26.3 Å². The van der Waals surface area contributed by atoms with E-state index in [1.807, 2.05) is 35.2 Å². The second-order valence-corrected chi connectivity index (χ2v) is 9.97. The van der Waals surface area contributed by atoms with Crippen molar-refractivity contribution < 1.29 is 9.18 Å². The van der Waals surface area contributed by atoms with E-state index in [4.69, 9.17) is 16.7 Å². The van der Waals surface area contributed by atoms with Crippen LogP contribution in [-0.4, -0.2) is 54.3 Å². The minimum Gasteiger partial charge on any atom is -0.367 e. The van der Waals surface area contributed by atoms with Crippen LogP contribution >= 0.6 is 11.6 Å². The quantitative estimate of drug-likeness (QED) is 0.454. The predicted molar refractivity (Wildman–Crippen MR) is 143 cm³/mol. The van der Waals surface area contributed by atoms with E-state index in [1.165, 1.54) is 6.07 Å². The van der Waals surface area contributed by atoms with Gasteiger partial charge in [0.25, 0.3) is 5.91 Å². The van der Waals surface area contributed by atoms with E-state index in [2.05, 4.69) is 36.9 Å². The summed E-state index contributed by atoms with van der Waals surface area (Å²) in [5.74, 6) is -0.269. The Labute approximate surface area is 216 Å². The van der Waals surface area contributed by atoms with Gasteiger partial charge in [0.15, 0.2) is 0 Å². The van der Waals surface area contributed by atoms with Gasteiger partial charge in [-0.15, -0.1) is 0 Å². The number of hydrogen-bond donors (Lipinski definition) is 0. The highest BCUT2D eigenvalue weighted by molar-refractivity contribution is 6.31. The Morgan fingerprint density at radius 1 is 1.00 bits per heavy atom. The van der Waals surface area contributed by atoms with Crippen LogP contribution in [0, 0.1) is 19.7 Å². The highest BCUT2D eigenvalue weighted by atomic mass is 35.5. The van der Waals surface area contributed by atoms with Gasteiger partial charge in [-0.2, -0.15) is 5.10 Å². The highest BCUT2D eigenvalue weighted by Crippen LogP contribution is 2.37. The zero-order valence-corrected chi connectivity index (χ0v) is 21.4. The predicted octanol–water partition coefficient (Wildman–Crippen LogP) is 5.60. The molecule has 1 fully saturated rings. The normalized spacial score (nSPS) is 18.4. The Hall–Kier alpha value is -3.22. The van der Waals surface area contributed by atoms with Crippen LogP contribution < -0.4 is 4.90 Å². The number of para-hydroxylation sites is 1. The van der Waals surface area contributed by atoms with Crippen molar-refractivity contribution in [3.8, 4) is 0 Å². The Morgan fingerprint density at radius 3 is 2.47 bits per heavy atom. The van der Waals surface area contributed by atoms with Crippen LogP contribution in [0.3, 0.4) is 0 Å². The first-order chi connectivity index (χ1) is 17.4. The summed E-state index contributed by atoms with van der Waals surface area (Å²) in [5, 5.41) is 7.12. The Balaban J connectivity index is 1.34. The summed E-state index contributed by atoms with van der Waals surface area (Å²) in [6.45, 7) is 7.08. The van der Waals surface area contributed by atoms with Gasteiger partial charge in [0, 0.05) is 43.2 Å². The second kappa shape index (κ2) is 10.4. The minimum absolute atomic E-state index is 0.0560. The van der Waals surface area contributed by atoms with E-state index in [9.17, 15) is 9.18 Å². The molecule has 5 nitrogen and oxygen atoms in total. The molecule has 0 aliphatic carbocycles. The molecule has 0 saturated carbocycles. The van der Waals surface area contributed by atoms with E-state index >= 15 is 0 Å². The fourth-order valence-corrected chi connectivity index (χ4v) is 5.32. The molecule has 186 valence electrons. The maximum atomic E-state index is 14.2. The molecule has 3 aromatic rings. The summed E-state index contributed by atoms with van der Waals surface area (Å²) < 4.78 is 14.2. The molecule has 2 aliphatic heterocycles. The van der Waals surface area contributed by atoms with Gasteiger partial charge in [-0.1, -0.05) is 59.6 Å². The van der Waals surface area contributed by atoms with Crippen molar-refractivity contribution >= 4 is 28.9 Å². The third kappa shape index (κ3) is 5.01. The SMILES string of the molecule is Cc1ccc(C)c(C2=NN(C(=O)CN3CCN(c4ccccc4F)CC3)[C@H](c3ccccc3Cl)C2)c1. The summed E-state index contributed by atoms with van der Waals surface area (Å²) >= 11 is 6.57. The Morgan fingerprint density at radius 2 is 1.72 bits per heavy atom. The van der Waals surface area contributed by atoms with Crippen molar-refractivity contribution in [2.75, 3.05) is 37.6 Å². The number of nitrogens with zero attached hydrogens (tertiary/aromatic N) is 4. The molecule has 2 aliphatic rings. The van der Waals surface area contributed by atoms with E-state index < -0.39 is 0 Å². The molecule has 0 bridgehead atoms. The fraction of sp³-hybridized carbons (Fsp3) is 0.310. The zero-order chi connectivity index (χ0) is 25.2. The molecule has 5 rings (SSSR count). The first kappa shape index (κ1) is 24.5. The maximum Gasteiger partial charge on any atom is 0.257 e. The molecule has 0 N–H and O–H groups in total. The van der Waals surface area contributed by atoms with Gasteiger partial charge in [-0.25, -0.2) is 9.40 Å². The molecule has 1 amide bonds. The number of hydrogen-bond acceptors (Lipinski definition) is 4. The van der Waals surface area contributed by atoms with Gasteiger partial charge in [0.2, 0.25) is 0 Å². The van der Waals surface area contributed by atoms with Crippen molar-refractivity contribution in [1.29, 1.82) is 0 Å². The number of piperazine rings is 1. The third-order valence-electron chi connectivity index (χ3n) is 7.06. The molecular formula is C29H30ClFN4O. The first-order valence-electron chi connectivity index (χ1n) is 12.3. The molecular weight excluding hydrogens is 475 g/mol. The zero-order valence-electron chi connectivity index (χ0n) is 20.6. The number of amides is 1. The molecule has 0 radical (unpaired) electrons. The van der Waals surface area contributed by atoms with Crippen LogP contribution in [0.2, 0.25) is 5.02 Å². The molecule has 0 aromatic heterocycles. The maximum absolute atomic E-state index is 14.2. The Bertz CT molecular complexity index is 1300. The number of aryl methyl sites for hydroxylation is 2. The molecule has 3 aromatic carbocycles. The summed E-state index contributed by atoms with van der Waals surface area (Å²) in [7, 11) is 0. The minimum atomic E-state index is -0.249. The van der Waals surface area contributed by atoms with E-state index in [0.29, 0.717) is 43.3 Å². The molecule has 0 unspecified atom stereocenters. The lowest BCUT2D eigenvalue weighted by Crippen LogP contribution is -2.49. The number of rotatable bonds is 5. The van der Waals surface area contributed by atoms with Crippen molar-refractivity contribution in [3.05, 3.63) is 99.8 Å². The molecule has 7 heteroatoms. The number of anilines is 1. The standard InChI is InChI=1S/C29H30ClFN4O/c1-20-11-12-21(2)23(17-20)26-18-28(22-7-3-4-8-24(22)30)35(32-26)29(36)19-33-13-15-34(16-14-33)27-10-6-5-9-25(27)31/h3-12,17,28H,13-16,18-19H2,1-2H3/t28-/m0/s1. The summed E-state index contributed by atoms with van der Waals surface area (Å²) in [4.78, 5) is 17.8. The van der Waals surface area contributed by atoms with Gasteiger partial charge in [0.1, 0.15) is 5.82 Å². The second-order valence-electron chi connectivity index (χ2n) is 9.56. The van der Waals surface area contributed by atoms with E-state index in [-0.39, 0.29) is 24.3 Å². The van der Waals surface area contributed by atoms with E-state index in [0.717, 1.165) is 28.0 Å². The van der Waals surface area contributed by atoms with Crippen molar-refractivity contribution in [2.24, 2.45) is 5.10 Å². The number of benzene rings is 3. The smallest absolute Gasteiger partial charge is 0.257 e. The van der Waals surface area contributed by atoms with Gasteiger partial charge in [-0.3, -0.25) is 9.69 Å². The molecule has 2 heterocycles. The molecule has 1 atom stereocenters. The topological polar surface area (TPSA) is 39.2 Å². The number of hydrazone groups is 1. The number of carbonyl (C=O) groups is 1. The average molecular weight is 505 g/mol. The Kier molecular flexibility index (Phi) is 7.08. The van der Waals surface area contributed by atoms with Crippen LogP contribution in [0.15, 0.2) is 71.8 Å². The lowest BCUT2D eigenvalue weighted by Gasteiger charge is -2.36. The lowest BCUT2D eigenvalue weighted by atomic mass is 9.95. The fourth-order valence-electron chi connectivity index (χ4n) is 5.06. The third-order valence-corrected chi connectivity index (χ3v) is 7.40. The van der Waals surface area contributed by atoms with Gasteiger partial charge in [0.05, 0.1) is 24.0 Å². The van der Waals surface area contributed by atoms with Gasteiger partial charge < -0.3 is 4.90 Å². The lowest BCUT2D eigenvalue weighted by molar-refractivity contribution is -0.134. The van der Waals surface area contributed by atoms with Crippen LogP contribution in [0.25, 0.3) is 0 Å². The van der Waals surface area contributed by atoms with Crippen LogP contribution in [0.4, 0.5) is 10.1 Å².